The zero-order chi connectivity index (χ0) is 19.3. The van der Waals surface area contributed by atoms with E-state index in [9.17, 15) is 15.3 Å². The average Bonchev–Trinajstić information content (AvgIpc) is 2.66. The molecule has 1 heterocycles. The molecule has 0 amide bonds. The van der Waals surface area contributed by atoms with Crippen molar-refractivity contribution in [2.24, 2.45) is 0 Å². The average molecular weight is 373 g/mol. The van der Waals surface area contributed by atoms with Crippen LogP contribution in [-0.4, -0.2) is 78.0 Å². The monoisotopic (exact) mass is 373 g/mol. The van der Waals surface area contributed by atoms with Crippen molar-refractivity contribution in [2.45, 2.75) is 37.6 Å². The molecule has 0 unspecified atom stereocenters. The number of aliphatic hydroxyl groups excluding tert-OH is 3. The second-order valence-electron chi connectivity index (χ2n) is 5.98. The molecule has 0 aromatic heterocycles. The number of aliphatic hydroxyl groups is 3. The van der Waals surface area contributed by atoms with E-state index >= 15 is 0 Å². The highest BCUT2D eigenvalue weighted by atomic mass is 16.5. The van der Waals surface area contributed by atoms with Crippen LogP contribution in [0.4, 0.5) is 5.69 Å². The van der Waals surface area contributed by atoms with E-state index in [2.05, 4.69) is 5.32 Å². The molecule has 0 aliphatic carbocycles. The lowest BCUT2D eigenvalue weighted by Gasteiger charge is -2.42. The normalized spacial score (nSPS) is 24.8. The summed E-state index contributed by atoms with van der Waals surface area (Å²) >= 11 is 0. The highest BCUT2D eigenvalue weighted by Gasteiger charge is 2.36. The summed E-state index contributed by atoms with van der Waals surface area (Å²) in [4.78, 5) is 1.30. The van der Waals surface area contributed by atoms with Gasteiger partial charge in [0.25, 0.3) is 0 Å². The molecule has 1 aliphatic heterocycles. The molecule has 0 spiro atoms. The van der Waals surface area contributed by atoms with Crippen LogP contribution in [0.2, 0.25) is 0 Å². The minimum atomic E-state index is -1.29. The van der Waals surface area contributed by atoms with Crippen LogP contribution in [0.15, 0.2) is 12.1 Å². The molecule has 0 saturated carbocycles. The summed E-state index contributed by atoms with van der Waals surface area (Å²) in [6.45, 7) is -0.147. The Bertz CT molecular complexity index is 564. The third-order valence-corrected chi connectivity index (χ3v) is 4.37. The van der Waals surface area contributed by atoms with E-state index in [1.165, 1.54) is 26.2 Å². The summed E-state index contributed by atoms with van der Waals surface area (Å²) in [6, 6.07) is 3.01. The number of ether oxygens (including phenoxy) is 3. The number of hydroxylamine groups is 1. The largest absolute Gasteiger partial charge is 0.493 e. The van der Waals surface area contributed by atoms with Crippen LogP contribution >= 0.6 is 0 Å². The van der Waals surface area contributed by atoms with Crippen molar-refractivity contribution in [3.8, 4) is 17.2 Å². The van der Waals surface area contributed by atoms with E-state index in [1.54, 1.807) is 17.6 Å². The van der Waals surface area contributed by atoms with Crippen molar-refractivity contribution in [1.82, 2.24) is 10.4 Å². The van der Waals surface area contributed by atoms with Crippen LogP contribution in [0.5, 0.6) is 17.2 Å². The van der Waals surface area contributed by atoms with Crippen LogP contribution in [0.25, 0.3) is 0 Å². The van der Waals surface area contributed by atoms with Crippen molar-refractivity contribution in [3.05, 3.63) is 12.1 Å². The fraction of sp³-hybridized carbons (Fsp3) is 0.625. The maximum Gasteiger partial charge on any atom is 0.203 e. The van der Waals surface area contributed by atoms with Gasteiger partial charge in [-0.1, -0.05) is 0 Å². The molecule has 26 heavy (non-hydrogen) atoms. The Balaban J connectivity index is 2.19. The van der Waals surface area contributed by atoms with Gasteiger partial charge in [0, 0.05) is 24.4 Å². The van der Waals surface area contributed by atoms with E-state index in [0.717, 1.165) is 0 Å². The van der Waals surface area contributed by atoms with Gasteiger partial charge in [0.15, 0.2) is 11.5 Å². The first-order valence-electron chi connectivity index (χ1n) is 8.21. The lowest BCUT2D eigenvalue weighted by atomic mass is 10.0. The van der Waals surface area contributed by atoms with Gasteiger partial charge in [0.2, 0.25) is 5.75 Å². The summed E-state index contributed by atoms with van der Waals surface area (Å²) in [6.07, 6.45) is -2.42. The lowest BCUT2D eigenvalue weighted by Crippen LogP contribution is -2.58. The van der Waals surface area contributed by atoms with E-state index in [0.29, 0.717) is 35.8 Å². The molecule has 1 aliphatic rings. The molecule has 148 valence electrons. The summed E-state index contributed by atoms with van der Waals surface area (Å²) < 4.78 is 15.9. The number of β-amino-alcohol motifs (C(OH)–C–C–N with tert-alkyl or cyclic N) is 1. The number of methoxy groups -OCH3 is 3. The molecule has 4 atom stereocenters. The van der Waals surface area contributed by atoms with Gasteiger partial charge in [-0.25, -0.2) is 4.90 Å². The molecule has 0 bridgehead atoms. The molecule has 1 aromatic carbocycles. The SMILES string of the molecule is COc1cc(N[C@H]2CC[C@H](O)N(C[C@H](O)NO)[C@H]2O)cc(OC)c1OC. The Morgan fingerprint density at radius 1 is 1.12 bits per heavy atom. The van der Waals surface area contributed by atoms with Crippen LogP contribution < -0.4 is 25.0 Å². The maximum absolute atomic E-state index is 10.6. The van der Waals surface area contributed by atoms with Crippen LogP contribution in [0.1, 0.15) is 12.8 Å². The summed E-state index contributed by atoms with van der Waals surface area (Å²) in [5.41, 5.74) is 2.32. The quantitative estimate of drug-likeness (QED) is 0.262. The van der Waals surface area contributed by atoms with Crippen LogP contribution in [0, 0.1) is 0 Å². The molecule has 1 fully saturated rings. The molecule has 1 aromatic rings. The highest BCUT2D eigenvalue weighted by molar-refractivity contribution is 5.62. The van der Waals surface area contributed by atoms with Gasteiger partial charge in [-0.2, -0.15) is 5.48 Å². The molecule has 10 heteroatoms. The number of likely N-dealkylation sites (tertiary alicyclic amines) is 1. The maximum atomic E-state index is 10.6. The molecule has 10 nitrogen and oxygen atoms in total. The fourth-order valence-corrected chi connectivity index (χ4v) is 3.05. The third-order valence-electron chi connectivity index (χ3n) is 4.37. The molecule has 1 saturated heterocycles. The van der Waals surface area contributed by atoms with Gasteiger partial charge < -0.3 is 40.1 Å². The van der Waals surface area contributed by atoms with Gasteiger partial charge in [0.05, 0.1) is 27.4 Å². The van der Waals surface area contributed by atoms with E-state index in [4.69, 9.17) is 19.4 Å². The zero-order valence-corrected chi connectivity index (χ0v) is 15.0. The number of hydrogen-bond acceptors (Lipinski definition) is 10. The Morgan fingerprint density at radius 3 is 2.23 bits per heavy atom. The Kier molecular flexibility index (Phi) is 7.26. The Hall–Kier alpha value is -1.82. The lowest BCUT2D eigenvalue weighted by molar-refractivity contribution is -0.158. The smallest absolute Gasteiger partial charge is 0.203 e. The predicted octanol–water partition coefficient (Wildman–Crippen LogP) is -0.477. The van der Waals surface area contributed by atoms with E-state index in [-0.39, 0.29) is 6.54 Å². The van der Waals surface area contributed by atoms with Crippen molar-refractivity contribution in [3.63, 3.8) is 0 Å². The summed E-state index contributed by atoms with van der Waals surface area (Å²) in [5.74, 6) is 1.40. The number of piperidine rings is 1. The molecule has 0 radical (unpaired) electrons. The minimum absolute atomic E-state index is 0.147. The number of nitrogens with one attached hydrogen (secondary N) is 2. The minimum Gasteiger partial charge on any atom is -0.493 e. The van der Waals surface area contributed by atoms with Crippen molar-refractivity contribution in [1.29, 1.82) is 0 Å². The molecular formula is C16H27N3O7. The number of anilines is 1. The van der Waals surface area contributed by atoms with Gasteiger partial charge in [-0.3, -0.25) is 0 Å². The van der Waals surface area contributed by atoms with Crippen molar-refractivity contribution < 1.29 is 34.7 Å². The van der Waals surface area contributed by atoms with Crippen molar-refractivity contribution in [2.75, 3.05) is 33.2 Å². The fourth-order valence-electron chi connectivity index (χ4n) is 3.05. The van der Waals surface area contributed by atoms with E-state index < -0.39 is 24.7 Å². The number of benzene rings is 1. The van der Waals surface area contributed by atoms with Gasteiger partial charge in [-0.05, 0) is 12.8 Å². The molecule has 6 N–H and O–H groups in total. The first kappa shape index (κ1) is 20.5. The Labute approximate surface area is 151 Å². The second kappa shape index (κ2) is 9.21. The second-order valence-corrected chi connectivity index (χ2v) is 5.98. The topological polar surface area (TPSA) is 136 Å². The highest BCUT2D eigenvalue weighted by Crippen LogP contribution is 2.40. The zero-order valence-electron chi connectivity index (χ0n) is 15.0. The molecular weight excluding hydrogens is 346 g/mol. The van der Waals surface area contributed by atoms with Crippen LogP contribution in [0.3, 0.4) is 0 Å². The van der Waals surface area contributed by atoms with Gasteiger partial charge in [-0.15, -0.1) is 0 Å². The van der Waals surface area contributed by atoms with Crippen LogP contribution in [-0.2, 0) is 0 Å². The number of rotatable bonds is 8. The standard InChI is InChI=1S/C16H27N3O7/c1-24-11-6-9(7-12(25-2)15(11)26-3)17-10-4-5-14(21)19(16(10)22)8-13(20)18-23/h6-7,10,13-14,16-18,20-23H,4-5,8H2,1-3H3/t10-,13-,14-,16-/m0/s1. The first-order chi connectivity index (χ1) is 12.4. The molecule has 2 rings (SSSR count). The Morgan fingerprint density at radius 2 is 1.73 bits per heavy atom. The summed E-state index contributed by atoms with van der Waals surface area (Å²) in [5, 5.41) is 42.1. The predicted molar refractivity (Wildman–Crippen MR) is 92.4 cm³/mol. The van der Waals surface area contributed by atoms with E-state index in [1.807, 2.05) is 0 Å². The first-order valence-corrected chi connectivity index (χ1v) is 8.21. The summed E-state index contributed by atoms with van der Waals surface area (Å²) in [7, 11) is 4.54. The number of hydrogen-bond donors (Lipinski definition) is 6. The van der Waals surface area contributed by atoms with Crippen molar-refractivity contribution >= 4 is 5.69 Å². The van der Waals surface area contributed by atoms with Gasteiger partial charge >= 0.3 is 0 Å². The third kappa shape index (κ3) is 4.47. The number of nitrogens with zero attached hydrogens (tertiary/aromatic N) is 1. The van der Waals surface area contributed by atoms with Gasteiger partial charge in [0.1, 0.15) is 18.7 Å².